The maximum absolute atomic E-state index is 12.1. The number of carbonyl (C=O) groups is 3. The van der Waals surface area contributed by atoms with Gasteiger partial charge in [0.25, 0.3) is 0 Å². The van der Waals surface area contributed by atoms with Gasteiger partial charge < -0.3 is 15.3 Å². The van der Waals surface area contributed by atoms with Crippen LogP contribution >= 0.6 is 11.8 Å². The molecule has 6 nitrogen and oxygen atoms in total. The highest BCUT2D eigenvalue weighted by atomic mass is 32.2. The maximum atomic E-state index is 12.1. The molecule has 21 heavy (non-hydrogen) atoms. The van der Waals surface area contributed by atoms with Crippen LogP contribution in [0.1, 0.15) is 33.6 Å². The van der Waals surface area contributed by atoms with E-state index in [-0.39, 0.29) is 23.6 Å². The molecule has 3 atom stereocenters. The number of aliphatic carboxylic acids is 1. The predicted molar refractivity (Wildman–Crippen MR) is 79.7 cm³/mol. The first kappa shape index (κ1) is 15.9. The van der Waals surface area contributed by atoms with Gasteiger partial charge in [0.15, 0.2) is 0 Å². The van der Waals surface area contributed by atoms with Crippen molar-refractivity contribution in [3.8, 4) is 0 Å². The van der Waals surface area contributed by atoms with E-state index in [0.29, 0.717) is 0 Å². The number of nitrogens with one attached hydrogen (secondary N) is 1. The molecule has 0 spiro atoms. The van der Waals surface area contributed by atoms with Crippen LogP contribution in [0, 0.1) is 0 Å². The van der Waals surface area contributed by atoms with Crippen LogP contribution in [0.25, 0.3) is 0 Å². The van der Waals surface area contributed by atoms with Crippen LogP contribution in [-0.4, -0.2) is 50.0 Å². The van der Waals surface area contributed by atoms with E-state index in [1.54, 1.807) is 6.08 Å². The molecule has 0 aromatic carbocycles. The van der Waals surface area contributed by atoms with Gasteiger partial charge in [-0.3, -0.25) is 9.59 Å². The van der Waals surface area contributed by atoms with Gasteiger partial charge in [-0.25, -0.2) is 4.79 Å². The summed E-state index contributed by atoms with van der Waals surface area (Å²) in [6.45, 7) is 5.60. The van der Waals surface area contributed by atoms with Crippen molar-refractivity contribution in [1.29, 1.82) is 0 Å². The van der Waals surface area contributed by atoms with Crippen LogP contribution in [-0.2, 0) is 14.4 Å². The smallest absolute Gasteiger partial charge is 0.327 e. The lowest BCUT2D eigenvalue weighted by Gasteiger charge is -2.43. The SMILES string of the molecule is CCC=CCC(=O)N[C@@H]1C(=O)N2[C@@H]1SC(C)(C)[C@@H]2C(=O)O. The average molecular weight is 312 g/mol. The molecule has 2 saturated heterocycles. The summed E-state index contributed by atoms with van der Waals surface area (Å²) in [6, 6.07) is -1.45. The zero-order chi connectivity index (χ0) is 15.8. The van der Waals surface area contributed by atoms with Gasteiger partial charge >= 0.3 is 5.97 Å². The number of carboxylic acid groups (broad SMARTS) is 1. The molecule has 2 fully saturated rings. The Morgan fingerprint density at radius 2 is 2.10 bits per heavy atom. The Hall–Kier alpha value is -1.50. The van der Waals surface area contributed by atoms with Gasteiger partial charge in [0, 0.05) is 11.2 Å². The number of carbonyl (C=O) groups excluding carboxylic acids is 2. The van der Waals surface area contributed by atoms with Crippen molar-refractivity contribution in [2.24, 2.45) is 0 Å². The molecule has 0 aromatic rings. The standard InChI is InChI=1S/C14H20N2O4S/c1-4-5-6-7-8(17)15-9-11(18)16-10(13(19)20)14(2,3)21-12(9)16/h5-6,9-10,12H,4,7H2,1-3H3,(H,15,17)(H,19,20)/t9-,10+,12-/m1/s1. The van der Waals surface area contributed by atoms with Crippen LogP contribution in [0.5, 0.6) is 0 Å². The molecule has 2 aliphatic heterocycles. The van der Waals surface area contributed by atoms with Crippen LogP contribution < -0.4 is 5.32 Å². The number of allylic oxidation sites excluding steroid dienone is 1. The molecule has 0 aromatic heterocycles. The molecule has 116 valence electrons. The van der Waals surface area contributed by atoms with Crippen LogP contribution in [0.2, 0.25) is 0 Å². The molecule has 7 heteroatoms. The minimum absolute atomic E-state index is 0.213. The fourth-order valence-electron chi connectivity index (χ4n) is 2.73. The Labute approximate surface area is 127 Å². The summed E-state index contributed by atoms with van der Waals surface area (Å²) in [5.41, 5.74) is 0. The third-order valence-electron chi connectivity index (χ3n) is 3.70. The number of hydrogen-bond acceptors (Lipinski definition) is 4. The number of thioether (sulfide) groups is 1. The quantitative estimate of drug-likeness (QED) is 0.583. The minimum Gasteiger partial charge on any atom is -0.480 e. The number of hydrogen-bond donors (Lipinski definition) is 2. The Bertz CT molecular complexity index is 503. The second-order valence-corrected chi connectivity index (χ2v) is 7.50. The number of rotatable bonds is 5. The molecule has 0 saturated carbocycles. The lowest BCUT2D eigenvalue weighted by atomic mass is 9.96. The highest BCUT2D eigenvalue weighted by Crippen LogP contribution is 2.50. The van der Waals surface area contributed by atoms with Gasteiger partial charge in [0.2, 0.25) is 11.8 Å². The number of carboxylic acids is 1. The Morgan fingerprint density at radius 1 is 1.43 bits per heavy atom. The first-order valence-electron chi connectivity index (χ1n) is 6.96. The summed E-state index contributed by atoms with van der Waals surface area (Å²) < 4.78 is -0.562. The van der Waals surface area contributed by atoms with E-state index >= 15 is 0 Å². The summed E-state index contributed by atoms with van der Waals surface area (Å²) in [4.78, 5) is 36.6. The number of β-lactam (4-membered cyclic amide) rings is 1. The van der Waals surface area contributed by atoms with Gasteiger partial charge in [0.05, 0.1) is 0 Å². The van der Waals surface area contributed by atoms with E-state index < -0.39 is 22.8 Å². The molecule has 2 heterocycles. The first-order valence-corrected chi connectivity index (χ1v) is 7.84. The van der Waals surface area contributed by atoms with Crippen molar-refractivity contribution in [1.82, 2.24) is 10.2 Å². The van der Waals surface area contributed by atoms with Crippen LogP contribution in [0.4, 0.5) is 0 Å². The molecule has 0 radical (unpaired) electrons. The summed E-state index contributed by atoms with van der Waals surface area (Å²) >= 11 is 1.43. The third-order valence-corrected chi connectivity index (χ3v) is 5.27. The number of amides is 2. The van der Waals surface area contributed by atoms with Gasteiger partial charge in [-0.15, -0.1) is 11.8 Å². The predicted octanol–water partition coefficient (Wildman–Crippen LogP) is 0.974. The van der Waals surface area contributed by atoms with Crippen molar-refractivity contribution in [3.05, 3.63) is 12.2 Å². The Morgan fingerprint density at radius 3 is 2.67 bits per heavy atom. The van der Waals surface area contributed by atoms with Crippen molar-refractivity contribution >= 4 is 29.5 Å². The van der Waals surface area contributed by atoms with Crippen molar-refractivity contribution < 1.29 is 19.5 Å². The number of fused-ring (bicyclic) bond motifs is 1. The van der Waals surface area contributed by atoms with Crippen molar-refractivity contribution in [3.63, 3.8) is 0 Å². The monoisotopic (exact) mass is 312 g/mol. The summed E-state index contributed by atoms with van der Waals surface area (Å²) in [7, 11) is 0. The molecular formula is C14H20N2O4S. The molecule has 0 aliphatic carbocycles. The van der Waals surface area contributed by atoms with Crippen molar-refractivity contribution in [2.75, 3.05) is 0 Å². The van der Waals surface area contributed by atoms with E-state index in [1.807, 2.05) is 26.8 Å². The van der Waals surface area contributed by atoms with Gasteiger partial charge in [-0.05, 0) is 20.3 Å². The summed E-state index contributed by atoms with van der Waals surface area (Å²) in [6.07, 6.45) is 4.75. The van der Waals surface area contributed by atoms with Gasteiger partial charge in [-0.2, -0.15) is 0 Å². The first-order chi connectivity index (χ1) is 9.79. The molecule has 2 amide bonds. The largest absolute Gasteiger partial charge is 0.480 e. The lowest BCUT2D eigenvalue weighted by molar-refractivity contribution is -0.161. The van der Waals surface area contributed by atoms with E-state index in [1.165, 1.54) is 16.7 Å². The lowest BCUT2D eigenvalue weighted by Crippen LogP contribution is -2.70. The minimum atomic E-state index is -1.00. The summed E-state index contributed by atoms with van der Waals surface area (Å²) in [5, 5.41) is 11.7. The van der Waals surface area contributed by atoms with E-state index in [4.69, 9.17) is 0 Å². The van der Waals surface area contributed by atoms with E-state index in [0.717, 1.165) is 6.42 Å². The highest BCUT2D eigenvalue weighted by molar-refractivity contribution is 8.01. The molecule has 2 aliphatic rings. The van der Waals surface area contributed by atoms with Crippen LogP contribution in [0.15, 0.2) is 12.2 Å². The highest BCUT2D eigenvalue weighted by Gasteiger charge is 2.64. The van der Waals surface area contributed by atoms with Crippen molar-refractivity contribution in [2.45, 2.75) is 55.8 Å². The second kappa shape index (κ2) is 5.71. The van der Waals surface area contributed by atoms with Gasteiger partial charge in [0.1, 0.15) is 17.5 Å². The fourth-order valence-corrected chi connectivity index (χ4v) is 4.36. The topological polar surface area (TPSA) is 86.7 Å². The van der Waals surface area contributed by atoms with E-state index in [2.05, 4.69) is 5.32 Å². The normalized spacial score (nSPS) is 30.1. The number of nitrogens with zero attached hydrogens (tertiary/aromatic N) is 1. The van der Waals surface area contributed by atoms with Gasteiger partial charge in [-0.1, -0.05) is 19.1 Å². The Balaban J connectivity index is 2.01. The molecule has 2 rings (SSSR count). The third kappa shape index (κ3) is 2.79. The molecule has 2 N–H and O–H groups in total. The fraction of sp³-hybridized carbons (Fsp3) is 0.643. The molecule has 0 bridgehead atoms. The zero-order valence-electron chi connectivity index (χ0n) is 12.3. The zero-order valence-corrected chi connectivity index (χ0v) is 13.1. The Kier molecular flexibility index (Phi) is 4.32. The summed E-state index contributed by atoms with van der Waals surface area (Å²) in [5.74, 6) is -1.52. The van der Waals surface area contributed by atoms with Crippen LogP contribution in [0.3, 0.4) is 0 Å². The van der Waals surface area contributed by atoms with E-state index in [9.17, 15) is 19.5 Å². The second-order valence-electron chi connectivity index (χ2n) is 5.73. The molecule has 0 unspecified atom stereocenters. The maximum Gasteiger partial charge on any atom is 0.327 e. The molecular weight excluding hydrogens is 292 g/mol. The average Bonchev–Trinajstić information content (AvgIpc) is 2.65.